The van der Waals surface area contributed by atoms with E-state index in [1.165, 1.54) is 12.1 Å². The van der Waals surface area contributed by atoms with Gasteiger partial charge in [-0.05, 0) is 59.0 Å². The number of nitrogens with zero attached hydrogens (tertiary/aromatic N) is 1. The van der Waals surface area contributed by atoms with Crippen molar-refractivity contribution in [1.29, 1.82) is 0 Å². The predicted molar refractivity (Wildman–Crippen MR) is 87.5 cm³/mol. The molecule has 0 saturated carbocycles. The lowest BCUT2D eigenvalue weighted by molar-refractivity contribution is -0.384. The number of nitrogens with two attached hydrogens (primary N) is 1. The van der Waals surface area contributed by atoms with Crippen LogP contribution in [-0.2, 0) is 10.0 Å². The van der Waals surface area contributed by atoms with E-state index in [-0.39, 0.29) is 10.6 Å². The van der Waals surface area contributed by atoms with Crippen molar-refractivity contribution in [2.75, 3.05) is 10.5 Å². The largest absolute Gasteiger partial charge is 0.393 e. The Balaban J connectivity index is 2.38. The zero-order chi connectivity index (χ0) is 15.6. The van der Waals surface area contributed by atoms with E-state index in [1.807, 2.05) is 0 Å². The molecule has 0 saturated heterocycles. The minimum atomic E-state index is -3.91. The van der Waals surface area contributed by atoms with Crippen LogP contribution in [-0.4, -0.2) is 13.3 Å². The second-order valence-corrected chi connectivity index (χ2v) is 7.02. The molecule has 0 aliphatic carbocycles. The summed E-state index contributed by atoms with van der Waals surface area (Å²) in [4.78, 5) is 9.86. The smallest absolute Gasteiger partial charge is 0.293 e. The van der Waals surface area contributed by atoms with Gasteiger partial charge in [0.1, 0.15) is 5.69 Å². The van der Waals surface area contributed by atoms with Crippen LogP contribution < -0.4 is 10.5 Å². The third kappa shape index (κ3) is 3.61. The SMILES string of the molecule is Nc1ccc(S(=O)(=O)Nc2ccc(I)cc2)cc1[N+](=O)[O-]. The number of rotatable bonds is 4. The molecule has 2 rings (SSSR count). The van der Waals surface area contributed by atoms with Gasteiger partial charge in [-0.25, -0.2) is 8.42 Å². The average Bonchev–Trinajstić information content (AvgIpc) is 2.41. The first-order valence-corrected chi connectivity index (χ1v) is 8.18. The number of benzene rings is 2. The van der Waals surface area contributed by atoms with Crippen molar-refractivity contribution in [3.05, 3.63) is 56.1 Å². The molecular formula is C12H10IN3O4S. The van der Waals surface area contributed by atoms with Crippen molar-refractivity contribution in [3.8, 4) is 0 Å². The molecule has 2 aromatic rings. The van der Waals surface area contributed by atoms with E-state index >= 15 is 0 Å². The van der Waals surface area contributed by atoms with Crippen LogP contribution in [0.1, 0.15) is 0 Å². The summed E-state index contributed by atoms with van der Waals surface area (Å²) >= 11 is 2.09. The van der Waals surface area contributed by atoms with Gasteiger partial charge >= 0.3 is 0 Å². The van der Waals surface area contributed by atoms with Crippen LogP contribution in [0.5, 0.6) is 0 Å². The van der Waals surface area contributed by atoms with Gasteiger partial charge in [-0.2, -0.15) is 0 Å². The van der Waals surface area contributed by atoms with Crippen LogP contribution in [0, 0.1) is 13.7 Å². The van der Waals surface area contributed by atoms with E-state index in [0.29, 0.717) is 5.69 Å². The van der Waals surface area contributed by atoms with Crippen LogP contribution in [0.2, 0.25) is 0 Å². The monoisotopic (exact) mass is 419 g/mol. The molecular weight excluding hydrogens is 409 g/mol. The average molecular weight is 419 g/mol. The fourth-order valence-corrected chi connectivity index (χ4v) is 3.02. The van der Waals surface area contributed by atoms with Gasteiger partial charge in [-0.15, -0.1) is 0 Å². The molecule has 0 heterocycles. The summed E-state index contributed by atoms with van der Waals surface area (Å²) in [6.45, 7) is 0. The first-order chi connectivity index (χ1) is 9.79. The van der Waals surface area contributed by atoms with Gasteiger partial charge in [0.2, 0.25) is 0 Å². The lowest BCUT2D eigenvalue weighted by atomic mass is 10.3. The number of nitrogen functional groups attached to an aromatic ring is 1. The van der Waals surface area contributed by atoms with E-state index in [9.17, 15) is 18.5 Å². The Bertz CT molecular complexity index is 791. The molecule has 0 aliphatic rings. The molecule has 21 heavy (non-hydrogen) atoms. The third-order valence-corrected chi connectivity index (χ3v) is 4.70. The molecule has 9 heteroatoms. The van der Waals surface area contributed by atoms with Crippen molar-refractivity contribution in [2.45, 2.75) is 4.90 Å². The standard InChI is InChI=1S/C12H10IN3O4S/c13-8-1-3-9(4-2-8)15-21(19,20)10-5-6-11(14)12(7-10)16(17)18/h1-7,15H,14H2. The lowest BCUT2D eigenvalue weighted by Gasteiger charge is -2.08. The molecule has 0 amide bonds. The predicted octanol–water partition coefficient (Wildman–Crippen LogP) is 2.58. The Kier molecular flexibility index (Phi) is 4.32. The number of nitro benzene ring substituents is 1. The Morgan fingerprint density at radius 1 is 1.14 bits per heavy atom. The van der Waals surface area contributed by atoms with Crippen LogP contribution in [0.15, 0.2) is 47.4 Å². The van der Waals surface area contributed by atoms with E-state index in [2.05, 4.69) is 27.3 Å². The zero-order valence-corrected chi connectivity index (χ0v) is 13.5. The summed E-state index contributed by atoms with van der Waals surface area (Å²) in [7, 11) is -3.91. The van der Waals surface area contributed by atoms with Gasteiger partial charge in [0, 0.05) is 15.3 Å². The van der Waals surface area contributed by atoms with Gasteiger partial charge in [-0.3, -0.25) is 14.8 Å². The number of nitrogens with one attached hydrogen (secondary N) is 1. The highest BCUT2D eigenvalue weighted by Crippen LogP contribution is 2.26. The fraction of sp³-hybridized carbons (Fsp3) is 0. The number of sulfonamides is 1. The highest BCUT2D eigenvalue weighted by atomic mass is 127. The van der Waals surface area contributed by atoms with E-state index < -0.39 is 20.6 Å². The molecule has 0 bridgehead atoms. The highest BCUT2D eigenvalue weighted by Gasteiger charge is 2.20. The molecule has 0 spiro atoms. The van der Waals surface area contributed by atoms with E-state index in [4.69, 9.17) is 5.73 Å². The maximum Gasteiger partial charge on any atom is 0.293 e. The number of anilines is 2. The summed E-state index contributed by atoms with van der Waals surface area (Å²) in [6, 6.07) is 10.0. The molecule has 0 aliphatic heterocycles. The first-order valence-electron chi connectivity index (χ1n) is 5.62. The second-order valence-electron chi connectivity index (χ2n) is 4.09. The molecule has 2 aromatic carbocycles. The molecule has 0 unspecified atom stereocenters. The molecule has 110 valence electrons. The topological polar surface area (TPSA) is 115 Å². The molecule has 0 aromatic heterocycles. The van der Waals surface area contributed by atoms with Gasteiger partial charge in [0.25, 0.3) is 15.7 Å². The van der Waals surface area contributed by atoms with Gasteiger partial charge in [0.15, 0.2) is 0 Å². The zero-order valence-electron chi connectivity index (χ0n) is 10.5. The Hall–Kier alpha value is -1.88. The first kappa shape index (κ1) is 15.5. The molecule has 0 radical (unpaired) electrons. The van der Waals surface area contributed by atoms with Crippen LogP contribution >= 0.6 is 22.6 Å². The van der Waals surface area contributed by atoms with Crippen LogP contribution in [0.4, 0.5) is 17.1 Å². The van der Waals surface area contributed by atoms with Crippen molar-refractivity contribution < 1.29 is 13.3 Å². The summed E-state index contributed by atoms with van der Waals surface area (Å²) in [5, 5.41) is 10.8. The summed E-state index contributed by atoms with van der Waals surface area (Å²) in [5.41, 5.74) is 5.28. The number of hydrogen-bond acceptors (Lipinski definition) is 5. The Morgan fingerprint density at radius 2 is 1.76 bits per heavy atom. The lowest BCUT2D eigenvalue weighted by Crippen LogP contribution is -2.13. The van der Waals surface area contributed by atoms with Crippen molar-refractivity contribution in [2.24, 2.45) is 0 Å². The second kappa shape index (κ2) is 5.85. The quantitative estimate of drug-likeness (QED) is 0.342. The van der Waals surface area contributed by atoms with Crippen LogP contribution in [0.25, 0.3) is 0 Å². The highest BCUT2D eigenvalue weighted by molar-refractivity contribution is 14.1. The normalized spacial score (nSPS) is 11.1. The molecule has 3 N–H and O–H groups in total. The van der Waals surface area contributed by atoms with Gasteiger partial charge < -0.3 is 5.73 Å². The summed E-state index contributed by atoms with van der Waals surface area (Å²) in [5.74, 6) is 0. The van der Waals surface area contributed by atoms with E-state index in [1.54, 1.807) is 24.3 Å². The maximum absolute atomic E-state index is 12.2. The fourth-order valence-electron chi connectivity index (χ4n) is 1.58. The molecule has 0 fully saturated rings. The Labute approximate surface area is 134 Å². The summed E-state index contributed by atoms with van der Waals surface area (Å²) in [6.07, 6.45) is 0. The number of hydrogen-bond donors (Lipinski definition) is 2. The molecule has 0 atom stereocenters. The number of nitro groups is 1. The molecule has 7 nitrogen and oxygen atoms in total. The minimum absolute atomic E-state index is 0.0896. The van der Waals surface area contributed by atoms with E-state index in [0.717, 1.165) is 9.64 Å². The Morgan fingerprint density at radius 3 is 2.33 bits per heavy atom. The van der Waals surface area contributed by atoms with Gasteiger partial charge in [-0.1, -0.05) is 0 Å². The van der Waals surface area contributed by atoms with Crippen molar-refractivity contribution in [3.63, 3.8) is 0 Å². The maximum atomic E-state index is 12.2. The summed E-state index contributed by atoms with van der Waals surface area (Å²) < 4.78 is 27.7. The number of halogens is 1. The van der Waals surface area contributed by atoms with Crippen molar-refractivity contribution in [1.82, 2.24) is 0 Å². The minimum Gasteiger partial charge on any atom is -0.393 e. The van der Waals surface area contributed by atoms with Gasteiger partial charge in [0.05, 0.1) is 9.82 Å². The van der Waals surface area contributed by atoms with Crippen molar-refractivity contribution >= 4 is 49.7 Å². The third-order valence-electron chi connectivity index (χ3n) is 2.61. The van der Waals surface area contributed by atoms with Crippen LogP contribution in [0.3, 0.4) is 0 Å².